The predicted octanol–water partition coefficient (Wildman–Crippen LogP) is 5.98. The van der Waals surface area contributed by atoms with Gasteiger partial charge in [-0.2, -0.15) is 0 Å². The largest absolute Gasteiger partial charge is 0.493 e. The SMILES string of the molecule is CCOC(=O)CCCCCOc1ccccc1CNC(=O)c1ccc(NC(=O)c2ccccc2I)cc1. The lowest BCUT2D eigenvalue weighted by molar-refractivity contribution is -0.143. The molecule has 0 heterocycles. The number of amides is 2. The van der Waals surface area contributed by atoms with Crippen molar-refractivity contribution in [2.24, 2.45) is 0 Å². The number of para-hydroxylation sites is 1. The van der Waals surface area contributed by atoms with Crippen molar-refractivity contribution in [2.75, 3.05) is 18.5 Å². The number of halogens is 1. The molecule has 0 radical (unpaired) electrons. The van der Waals surface area contributed by atoms with Crippen molar-refractivity contribution >= 4 is 46.1 Å². The van der Waals surface area contributed by atoms with Gasteiger partial charge in [0, 0.05) is 33.4 Å². The van der Waals surface area contributed by atoms with E-state index in [4.69, 9.17) is 9.47 Å². The van der Waals surface area contributed by atoms with Crippen LogP contribution < -0.4 is 15.4 Å². The Balaban J connectivity index is 1.45. The van der Waals surface area contributed by atoms with Crippen LogP contribution in [-0.2, 0) is 16.1 Å². The number of carbonyl (C=O) groups excluding carboxylic acids is 3. The van der Waals surface area contributed by atoms with Gasteiger partial charge in [0.05, 0.1) is 18.8 Å². The molecule has 0 saturated heterocycles. The molecule has 194 valence electrons. The average Bonchev–Trinajstić information content (AvgIpc) is 2.90. The highest BCUT2D eigenvalue weighted by Gasteiger charge is 2.11. The third kappa shape index (κ3) is 9.20. The Morgan fingerprint density at radius 1 is 0.838 bits per heavy atom. The van der Waals surface area contributed by atoms with Gasteiger partial charge < -0.3 is 20.1 Å². The summed E-state index contributed by atoms with van der Waals surface area (Å²) in [6, 6.07) is 21.7. The summed E-state index contributed by atoms with van der Waals surface area (Å²) in [5.41, 5.74) is 2.58. The molecule has 0 unspecified atom stereocenters. The molecule has 0 atom stereocenters. The van der Waals surface area contributed by atoms with Crippen LogP contribution in [0.25, 0.3) is 0 Å². The lowest BCUT2D eigenvalue weighted by atomic mass is 10.1. The Labute approximate surface area is 231 Å². The first-order valence-corrected chi connectivity index (χ1v) is 13.4. The minimum atomic E-state index is -0.218. The second-order valence-electron chi connectivity index (χ2n) is 8.27. The molecule has 3 aromatic rings. The number of benzene rings is 3. The van der Waals surface area contributed by atoms with Crippen LogP contribution in [0.15, 0.2) is 72.8 Å². The van der Waals surface area contributed by atoms with Crippen LogP contribution in [0.1, 0.15) is 58.9 Å². The monoisotopic (exact) mass is 614 g/mol. The highest BCUT2D eigenvalue weighted by atomic mass is 127. The molecule has 0 aromatic heterocycles. The van der Waals surface area contributed by atoms with E-state index in [0.717, 1.165) is 34.1 Å². The second-order valence-corrected chi connectivity index (χ2v) is 9.43. The zero-order valence-electron chi connectivity index (χ0n) is 20.8. The third-order valence-electron chi connectivity index (χ3n) is 5.52. The molecule has 0 aliphatic rings. The maximum absolute atomic E-state index is 12.7. The van der Waals surface area contributed by atoms with Gasteiger partial charge in [0.25, 0.3) is 11.8 Å². The van der Waals surface area contributed by atoms with Crippen LogP contribution in [-0.4, -0.2) is 31.0 Å². The number of esters is 1. The predicted molar refractivity (Wildman–Crippen MR) is 152 cm³/mol. The normalized spacial score (nSPS) is 10.4. The van der Waals surface area contributed by atoms with E-state index in [0.29, 0.717) is 43.0 Å². The second kappa shape index (κ2) is 15.0. The molecule has 0 spiro atoms. The Kier molecular flexibility index (Phi) is 11.4. The molecule has 0 aliphatic carbocycles. The van der Waals surface area contributed by atoms with Crippen LogP contribution in [0.5, 0.6) is 5.75 Å². The highest BCUT2D eigenvalue weighted by molar-refractivity contribution is 14.1. The molecule has 0 bridgehead atoms. The summed E-state index contributed by atoms with van der Waals surface area (Å²) in [6.45, 7) is 3.06. The van der Waals surface area contributed by atoms with Crippen molar-refractivity contribution < 1.29 is 23.9 Å². The van der Waals surface area contributed by atoms with Crippen LogP contribution in [0.2, 0.25) is 0 Å². The number of unbranched alkanes of at least 4 members (excludes halogenated alkanes) is 2. The maximum Gasteiger partial charge on any atom is 0.305 e. The van der Waals surface area contributed by atoms with Gasteiger partial charge in [-0.05, 0) is 91.2 Å². The fourth-order valence-electron chi connectivity index (χ4n) is 3.58. The number of anilines is 1. The van der Waals surface area contributed by atoms with Gasteiger partial charge in [-0.1, -0.05) is 30.3 Å². The summed E-state index contributed by atoms with van der Waals surface area (Å²) in [5, 5.41) is 5.78. The van der Waals surface area contributed by atoms with E-state index in [-0.39, 0.29) is 17.8 Å². The molecule has 0 fully saturated rings. The van der Waals surface area contributed by atoms with Gasteiger partial charge >= 0.3 is 5.97 Å². The summed E-state index contributed by atoms with van der Waals surface area (Å²) in [4.78, 5) is 36.6. The average molecular weight is 614 g/mol. The number of ether oxygens (including phenoxy) is 2. The molecule has 3 rings (SSSR count). The minimum absolute atomic E-state index is 0.161. The molecule has 0 aliphatic heterocycles. The van der Waals surface area contributed by atoms with Crippen molar-refractivity contribution in [1.82, 2.24) is 5.32 Å². The summed E-state index contributed by atoms with van der Waals surface area (Å²) < 4.78 is 11.7. The first-order valence-electron chi connectivity index (χ1n) is 12.3. The topological polar surface area (TPSA) is 93.7 Å². The standard InChI is InChI=1S/C29H31IN2O5/c1-2-36-27(33)14-4-3-9-19-37-26-13-8-5-10-22(26)20-31-28(34)21-15-17-23(18-16-21)32-29(35)24-11-6-7-12-25(24)30/h5-8,10-13,15-18H,2-4,9,14,19-20H2,1H3,(H,31,34)(H,32,35). The van der Waals surface area contributed by atoms with Gasteiger partial charge in [0.1, 0.15) is 5.75 Å². The first-order chi connectivity index (χ1) is 18.0. The lowest BCUT2D eigenvalue weighted by Crippen LogP contribution is -2.23. The molecule has 2 N–H and O–H groups in total. The van der Waals surface area contributed by atoms with E-state index < -0.39 is 0 Å². The van der Waals surface area contributed by atoms with Crippen LogP contribution >= 0.6 is 22.6 Å². The van der Waals surface area contributed by atoms with Crippen LogP contribution in [0.4, 0.5) is 5.69 Å². The molecule has 37 heavy (non-hydrogen) atoms. The van der Waals surface area contributed by atoms with E-state index in [1.165, 1.54) is 0 Å². The lowest BCUT2D eigenvalue weighted by Gasteiger charge is -2.13. The summed E-state index contributed by atoms with van der Waals surface area (Å²) in [6.07, 6.45) is 2.90. The number of nitrogens with one attached hydrogen (secondary N) is 2. The quantitative estimate of drug-likeness (QED) is 0.141. The number of hydrogen-bond donors (Lipinski definition) is 2. The van der Waals surface area contributed by atoms with Crippen LogP contribution in [0.3, 0.4) is 0 Å². The van der Waals surface area contributed by atoms with E-state index in [9.17, 15) is 14.4 Å². The van der Waals surface area contributed by atoms with Crippen molar-refractivity contribution in [3.8, 4) is 5.75 Å². The fourth-order valence-corrected chi connectivity index (χ4v) is 4.21. The molecule has 0 saturated carbocycles. The third-order valence-corrected chi connectivity index (χ3v) is 6.46. The van der Waals surface area contributed by atoms with Crippen molar-refractivity contribution in [3.05, 3.63) is 93.1 Å². The highest BCUT2D eigenvalue weighted by Crippen LogP contribution is 2.19. The molecule has 3 aromatic carbocycles. The fraction of sp³-hybridized carbons (Fsp3) is 0.276. The van der Waals surface area contributed by atoms with Gasteiger partial charge in [0.2, 0.25) is 0 Å². The maximum atomic E-state index is 12.7. The van der Waals surface area contributed by atoms with Gasteiger partial charge in [-0.3, -0.25) is 14.4 Å². The summed E-state index contributed by atoms with van der Waals surface area (Å²) in [7, 11) is 0. The first kappa shape index (κ1) is 28.2. The Bertz CT molecular complexity index is 1200. The van der Waals surface area contributed by atoms with Crippen molar-refractivity contribution in [3.63, 3.8) is 0 Å². The van der Waals surface area contributed by atoms with Crippen molar-refractivity contribution in [1.29, 1.82) is 0 Å². The molecule has 8 heteroatoms. The zero-order chi connectivity index (χ0) is 26.5. The molecule has 2 amide bonds. The van der Waals surface area contributed by atoms with Crippen LogP contribution in [0, 0.1) is 3.57 Å². The Morgan fingerprint density at radius 3 is 2.32 bits per heavy atom. The number of rotatable bonds is 13. The zero-order valence-corrected chi connectivity index (χ0v) is 23.0. The van der Waals surface area contributed by atoms with E-state index >= 15 is 0 Å². The van der Waals surface area contributed by atoms with E-state index in [2.05, 4.69) is 33.2 Å². The summed E-state index contributed by atoms with van der Waals surface area (Å²) in [5.74, 6) is 0.148. The minimum Gasteiger partial charge on any atom is -0.493 e. The Hall–Kier alpha value is -3.40. The Morgan fingerprint density at radius 2 is 1.57 bits per heavy atom. The van der Waals surface area contributed by atoms with Gasteiger partial charge in [0.15, 0.2) is 0 Å². The molecule has 7 nitrogen and oxygen atoms in total. The summed E-state index contributed by atoms with van der Waals surface area (Å²) >= 11 is 2.13. The molecular weight excluding hydrogens is 583 g/mol. The van der Waals surface area contributed by atoms with E-state index in [1.807, 2.05) is 42.5 Å². The smallest absolute Gasteiger partial charge is 0.305 e. The van der Waals surface area contributed by atoms with E-state index in [1.54, 1.807) is 37.3 Å². The van der Waals surface area contributed by atoms with Gasteiger partial charge in [-0.25, -0.2) is 0 Å². The number of carbonyl (C=O) groups is 3. The number of hydrogen-bond acceptors (Lipinski definition) is 5. The van der Waals surface area contributed by atoms with Gasteiger partial charge in [-0.15, -0.1) is 0 Å². The van der Waals surface area contributed by atoms with Crippen molar-refractivity contribution in [2.45, 2.75) is 39.2 Å². The molecular formula is C29H31IN2O5.